The Hall–Kier alpha value is -1.17. The van der Waals surface area contributed by atoms with Gasteiger partial charge in [-0.05, 0) is 49.2 Å². The molecule has 2 fully saturated rings. The number of nitrogens with one attached hydrogen (secondary N) is 2. The van der Waals surface area contributed by atoms with Crippen LogP contribution >= 0.6 is 12.2 Å². The van der Waals surface area contributed by atoms with E-state index in [0.717, 1.165) is 17.7 Å². The van der Waals surface area contributed by atoms with Gasteiger partial charge >= 0.3 is 0 Å². The lowest BCUT2D eigenvalue weighted by Crippen LogP contribution is -2.29. The van der Waals surface area contributed by atoms with E-state index in [0.29, 0.717) is 30.1 Å². The van der Waals surface area contributed by atoms with Crippen molar-refractivity contribution < 1.29 is 4.79 Å². The highest BCUT2D eigenvalue weighted by Gasteiger charge is 2.39. The molecule has 2 aliphatic carbocycles. The Kier molecular flexibility index (Phi) is 3.92. The van der Waals surface area contributed by atoms with E-state index in [9.17, 15) is 4.79 Å². The molecule has 1 heterocycles. The van der Waals surface area contributed by atoms with E-state index in [2.05, 4.69) is 15.5 Å². The van der Waals surface area contributed by atoms with Crippen molar-refractivity contribution in [2.24, 2.45) is 24.8 Å². The van der Waals surface area contributed by atoms with E-state index >= 15 is 0 Å². The van der Waals surface area contributed by atoms with Gasteiger partial charge in [0.2, 0.25) is 5.91 Å². The number of carbonyl (C=O) groups excluding carboxylic acids is 1. The van der Waals surface area contributed by atoms with Crippen LogP contribution in [0.1, 0.15) is 37.9 Å². The molecule has 1 amide bonds. The predicted octanol–water partition coefficient (Wildman–Crippen LogP) is 1.96. The minimum absolute atomic E-state index is 0.194. The molecule has 6 heteroatoms. The molecule has 0 spiro atoms. The quantitative estimate of drug-likeness (QED) is 0.816. The van der Waals surface area contributed by atoms with Crippen LogP contribution in [0.25, 0.3) is 0 Å². The summed E-state index contributed by atoms with van der Waals surface area (Å²) in [6.45, 7) is 0.632. The third-order valence-corrected chi connectivity index (χ3v) is 5.34. The number of H-pyrrole nitrogens is 1. The minimum Gasteiger partial charge on any atom is -0.356 e. The Labute approximate surface area is 124 Å². The van der Waals surface area contributed by atoms with Gasteiger partial charge < -0.3 is 9.88 Å². The monoisotopic (exact) mass is 294 g/mol. The highest BCUT2D eigenvalue weighted by Crippen LogP contribution is 2.49. The van der Waals surface area contributed by atoms with Crippen LogP contribution in [-0.4, -0.2) is 27.2 Å². The normalized spacial score (nSPS) is 27.9. The van der Waals surface area contributed by atoms with Gasteiger partial charge in [-0.25, -0.2) is 0 Å². The summed E-state index contributed by atoms with van der Waals surface area (Å²) in [4.78, 5) is 12.0. The molecule has 3 rings (SSSR count). The van der Waals surface area contributed by atoms with Crippen molar-refractivity contribution in [2.75, 3.05) is 6.54 Å². The van der Waals surface area contributed by atoms with Crippen molar-refractivity contribution in [3.05, 3.63) is 10.6 Å². The van der Waals surface area contributed by atoms with Crippen LogP contribution in [0.15, 0.2) is 0 Å². The first-order valence-electron chi connectivity index (χ1n) is 7.50. The molecule has 20 heavy (non-hydrogen) atoms. The molecule has 5 nitrogen and oxygen atoms in total. The third kappa shape index (κ3) is 2.80. The van der Waals surface area contributed by atoms with Gasteiger partial charge in [0.05, 0.1) is 0 Å². The number of rotatable bonds is 5. The van der Waals surface area contributed by atoms with E-state index in [1.807, 2.05) is 11.6 Å². The maximum absolute atomic E-state index is 12.0. The molecule has 0 radical (unpaired) electrons. The fraction of sp³-hybridized carbons (Fsp3) is 0.786. The fourth-order valence-corrected chi connectivity index (χ4v) is 4.00. The Morgan fingerprint density at radius 1 is 1.50 bits per heavy atom. The number of aromatic amines is 1. The molecule has 3 atom stereocenters. The summed E-state index contributed by atoms with van der Waals surface area (Å²) in [6, 6.07) is 0. The Bertz CT molecular complexity index is 550. The molecule has 1 aromatic heterocycles. The second kappa shape index (κ2) is 5.68. The summed E-state index contributed by atoms with van der Waals surface area (Å²) in [5, 5.41) is 9.91. The summed E-state index contributed by atoms with van der Waals surface area (Å²) in [7, 11) is 1.89. The zero-order valence-electron chi connectivity index (χ0n) is 11.9. The number of aromatic nitrogens is 3. The molecule has 2 bridgehead atoms. The largest absolute Gasteiger partial charge is 0.356 e. The van der Waals surface area contributed by atoms with Crippen LogP contribution in [0.5, 0.6) is 0 Å². The van der Waals surface area contributed by atoms with Crippen molar-refractivity contribution in [3.63, 3.8) is 0 Å². The van der Waals surface area contributed by atoms with Gasteiger partial charge in [-0.2, -0.15) is 5.10 Å². The summed E-state index contributed by atoms with van der Waals surface area (Å²) < 4.78 is 2.46. The van der Waals surface area contributed by atoms with Crippen LogP contribution in [0.3, 0.4) is 0 Å². The van der Waals surface area contributed by atoms with Crippen molar-refractivity contribution in [3.8, 4) is 0 Å². The SMILES string of the molecule is Cn1c(CCNC(=O)C[C@@H]2C[C@H]3CC[C@H]2C3)n[nH]c1=S. The standard InChI is InChI=1S/C14H22N4OS/c1-18-12(16-17-14(18)20)4-5-15-13(19)8-11-7-9-2-3-10(11)6-9/h9-11H,2-8H2,1H3,(H,15,19)(H,17,20)/t9-,10-,11-/m0/s1. The second-order valence-corrected chi connectivity index (χ2v) is 6.63. The third-order valence-electron chi connectivity index (χ3n) is 4.98. The van der Waals surface area contributed by atoms with Crippen LogP contribution in [0.4, 0.5) is 0 Å². The summed E-state index contributed by atoms with van der Waals surface area (Å²) >= 11 is 5.06. The van der Waals surface area contributed by atoms with Crippen LogP contribution in [-0.2, 0) is 18.3 Å². The van der Waals surface area contributed by atoms with Gasteiger partial charge in [-0.1, -0.05) is 6.42 Å². The first-order chi connectivity index (χ1) is 9.63. The smallest absolute Gasteiger partial charge is 0.220 e. The van der Waals surface area contributed by atoms with Crippen LogP contribution in [0.2, 0.25) is 0 Å². The van der Waals surface area contributed by atoms with E-state index in [1.165, 1.54) is 25.7 Å². The molecule has 2 N–H and O–H groups in total. The zero-order valence-corrected chi connectivity index (χ0v) is 12.7. The molecule has 2 aliphatic rings. The number of fused-ring (bicyclic) bond motifs is 2. The molecule has 110 valence electrons. The Morgan fingerprint density at radius 3 is 2.95 bits per heavy atom. The van der Waals surface area contributed by atoms with Crippen molar-refractivity contribution in [2.45, 2.75) is 38.5 Å². The maximum Gasteiger partial charge on any atom is 0.220 e. The molecule has 1 aromatic rings. The molecule has 0 aromatic carbocycles. The van der Waals surface area contributed by atoms with E-state index in [4.69, 9.17) is 12.2 Å². The minimum atomic E-state index is 0.194. The maximum atomic E-state index is 12.0. The van der Waals surface area contributed by atoms with E-state index in [1.54, 1.807) is 0 Å². The van der Waals surface area contributed by atoms with Gasteiger partial charge in [-0.15, -0.1) is 0 Å². The average molecular weight is 294 g/mol. The highest BCUT2D eigenvalue weighted by atomic mass is 32.1. The lowest BCUT2D eigenvalue weighted by Gasteiger charge is -2.20. The molecule has 0 saturated heterocycles. The van der Waals surface area contributed by atoms with Gasteiger partial charge in [0.25, 0.3) is 0 Å². The highest BCUT2D eigenvalue weighted by molar-refractivity contribution is 7.71. The number of hydrogen-bond donors (Lipinski definition) is 2. The lowest BCUT2D eigenvalue weighted by molar-refractivity contribution is -0.122. The van der Waals surface area contributed by atoms with Gasteiger partial charge in [-0.3, -0.25) is 9.89 Å². The predicted molar refractivity (Wildman–Crippen MR) is 78.7 cm³/mol. The topological polar surface area (TPSA) is 62.7 Å². The average Bonchev–Trinajstić information content (AvgIpc) is 3.10. The number of hydrogen-bond acceptors (Lipinski definition) is 3. The van der Waals surface area contributed by atoms with Crippen molar-refractivity contribution >= 4 is 18.1 Å². The number of carbonyl (C=O) groups is 1. The lowest BCUT2D eigenvalue weighted by atomic mass is 9.86. The first kappa shape index (κ1) is 13.8. The second-order valence-electron chi connectivity index (χ2n) is 6.24. The van der Waals surface area contributed by atoms with Gasteiger partial charge in [0, 0.05) is 26.4 Å². The molecule has 2 saturated carbocycles. The Morgan fingerprint density at radius 2 is 2.35 bits per heavy atom. The summed E-state index contributed by atoms with van der Waals surface area (Å²) in [6.07, 6.45) is 6.79. The molecule has 0 aliphatic heterocycles. The number of nitrogens with zero attached hydrogens (tertiary/aromatic N) is 2. The van der Waals surface area contributed by atoms with Crippen molar-refractivity contribution in [1.29, 1.82) is 0 Å². The fourth-order valence-electron chi connectivity index (χ4n) is 3.85. The summed E-state index contributed by atoms with van der Waals surface area (Å²) in [5.41, 5.74) is 0. The van der Waals surface area contributed by atoms with Gasteiger partial charge in [0.15, 0.2) is 4.77 Å². The molecular formula is C14H22N4OS. The zero-order chi connectivity index (χ0) is 14.1. The van der Waals surface area contributed by atoms with Crippen LogP contribution in [0, 0.1) is 22.5 Å². The molecule has 0 unspecified atom stereocenters. The molecular weight excluding hydrogens is 272 g/mol. The van der Waals surface area contributed by atoms with Crippen LogP contribution < -0.4 is 5.32 Å². The first-order valence-corrected chi connectivity index (χ1v) is 7.91. The van der Waals surface area contributed by atoms with Gasteiger partial charge in [0.1, 0.15) is 5.82 Å². The summed E-state index contributed by atoms with van der Waals surface area (Å²) in [5.74, 6) is 3.44. The van der Waals surface area contributed by atoms with E-state index in [-0.39, 0.29) is 5.91 Å². The Balaban J connectivity index is 1.41. The van der Waals surface area contributed by atoms with Crippen molar-refractivity contribution in [1.82, 2.24) is 20.1 Å². The number of amides is 1. The van der Waals surface area contributed by atoms with E-state index < -0.39 is 0 Å².